The van der Waals surface area contributed by atoms with Crippen LogP contribution in [0, 0.1) is 18.7 Å². The summed E-state index contributed by atoms with van der Waals surface area (Å²) in [6.45, 7) is 12.2. The zero-order valence-corrected chi connectivity index (χ0v) is 24.0. The van der Waals surface area contributed by atoms with E-state index < -0.39 is 17.6 Å². The summed E-state index contributed by atoms with van der Waals surface area (Å²) in [5.74, 6) is 0.465. The van der Waals surface area contributed by atoms with E-state index >= 15 is 0 Å². The lowest BCUT2D eigenvalue weighted by atomic mass is 9.86. The van der Waals surface area contributed by atoms with E-state index in [1.165, 1.54) is 30.7 Å². The molecule has 0 aliphatic carbocycles. The van der Waals surface area contributed by atoms with Gasteiger partial charge >= 0.3 is 6.18 Å². The first kappa shape index (κ1) is 29.2. The van der Waals surface area contributed by atoms with Gasteiger partial charge in [0, 0.05) is 49.1 Å². The van der Waals surface area contributed by atoms with E-state index in [9.17, 15) is 17.6 Å². The van der Waals surface area contributed by atoms with Crippen molar-refractivity contribution < 1.29 is 17.6 Å². The Morgan fingerprint density at radius 3 is 2.54 bits per heavy atom. The number of fused-ring (bicyclic) bond motifs is 1. The summed E-state index contributed by atoms with van der Waals surface area (Å²) >= 11 is 0. The number of alkyl halides is 3. The summed E-state index contributed by atoms with van der Waals surface area (Å²) in [4.78, 5) is 18.8. The molecule has 1 aromatic carbocycles. The normalized spacial score (nSPS) is 19.1. The van der Waals surface area contributed by atoms with Gasteiger partial charge in [0.15, 0.2) is 5.65 Å². The summed E-state index contributed by atoms with van der Waals surface area (Å²) in [5.41, 5.74) is 2.57. The van der Waals surface area contributed by atoms with Gasteiger partial charge in [-0.15, -0.1) is 0 Å². The Morgan fingerprint density at radius 2 is 1.85 bits per heavy atom. The van der Waals surface area contributed by atoms with Gasteiger partial charge in [-0.25, -0.2) is 19.3 Å². The molecule has 2 aromatic heterocycles. The highest BCUT2D eigenvalue weighted by molar-refractivity contribution is 5.87. The van der Waals surface area contributed by atoms with E-state index in [1.54, 1.807) is 6.92 Å². The van der Waals surface area contributed by atoms with Crippen LogP contribution in [-0.4, -0.2) is 58.0 Å². The Bertz CT molecular complexity index is 1410. The third-order valence-electron chi connectivity index (χ3n) is 8.51. The number of likely N-dealkylation sites (tertiary alicyclic amines) is 2. The van der Waals surface area contributed by atoms with Gasteiger partial charge in [-0.3, -0.25) is 0 Å². The summed E-state index contributed by atoms with van der Waals surface area (Å²) in [6.07, 6.45) is 0.352. The van der Waals surface area contributed by atoms with Gasteiger partial charge in [-0.05, 0) is 76.2 Å². The van der Waals surface area contributed by atoms with Crippen LogP contribution in [0.2, 0.25) is 0 Å². The maximum Gasteiger partial charge on any atom is 0.419 e. The summed E-state index contributed by atoms with van der Waals surface area (Å²) in [7, 11) is 2.18. The molecule has 2 saturated heterocycles. The number of nitrogens with one attached hydrogen (secondary N) is 1. The molecule has 2 aliphatic heterocycles. The lowest BCUT2D eigenvalue weighted by molar-refractivity contribution is -0.140. The molecule has 2 fully saturated rings. The lowest BCUT2D eigenvalue weighted by Crippen LogP contribution is -2.40. The van der Waals surface area contributed by atoms with Gasteiger partial charge < -0.3 is 15.1 Å². The molecule has 0 radical (unpaired) electrons. The van der Waals surface area contributed by atoms with Crippen LogP contribution in [0.4, 0.5) is 23.4 Å². The van der Waals surface area contributed by atoms with Crippen LogP contribution in [-0.2, 0) is 19.1 Å². The zero-order chi connectivity index (χ0) is 29.3. The van der Waals surface area contributed by atoms with Crippen LogP contribution in [0.3, 0.4) is 0 Å². The lowest BCUT2D eigenvalue weighted by Gasteiger charge is -2.40. The maximum absolute atomic E-state index is 14.7. The van der Waals surface area contributed by atoms with E-state index in [1.807, 2.05) is 0 Å². The number of rotatable bonds is 7. The van der Waals surface area contributed by atoms with Crippen molar-refractivity contribution in [2.75, 3.05) is 38.5 Å². The topological polar surface area (TPSA) is 57.2 Å². The molecule has 220 valence electrons. The summed E-state index contributed by atoms with van der Waals surface area (Å²) in [5, 5.41) is 3.76. The van der Waals surface area contributed by atoms with Gasteiger partial charge in [-0.2, -0.15) is 13.2 Å². The fraction of sp³-hybridized carbons (Fsp3) is 0.516. The van der Waals surface area contributed by atoms with Gasteiger partial charge in [-0.1, -0.05) is 25.6 Å². The Kier molecular flexibility index (Phi) is 8.50. The molecule has 5 rings (SSSR count). The minimum absolute atomic E-state index is 0.0839. The molecule has 0 bridgehead atoms. The third-order valence-corrected chi connectivity index (χ3v) is 8.51. The van der Waals surface area contributed by atoms with E-state index in [2.05, 4.69) is 51.7 Å². The van der Waals surface area contributed by atoms with Gasteiger partial charge in [0.05, 0.1) is 10.9 Å². The molecule has 0 saturated carbocycles. The second kappa shape index (κ2) is 11.9. The van der Waals surface area contributed by atoms with Crippen molar-refractivity contribution in [1.82, 2.24) is 24.8 Å². The molecular weight excluding hydrogens is 532 g/mol. The number of pyridine rings is 1. The Balaban J connectivity index is 1.37. The third kappa shape index (κ3) is 6.32. The number of piperidine rings is 2. The van der Waals surface area contributed by atoms with Crippen molar-refractivity contribution in [2.24, 2.45) is 5.92 Å². The number of aryl methyl sites for hydroxylation is 2. The Labute approximate surface area is 238 Å². The van der Waals surface area contributed by atoms with Crippen molar-refractivity contribution in [1.29, 1.82) is 0 Å². The highest BCUT2D eigenvalue weighted by atomic mass is 19.4. The fourth-order valence-corrected chi connectivity index (χ4v) is 6.28. The predicted octanol–water partition coefficient (Wildman–Crippen LogP) is 6.70. The molecule has 4 heterocycles. The molecule has 1 N–H and O–H groups in total. The molecule has 3 aromatic rings. The molecule has 2 aliphatic rings. The van der Waals surface area contributed by atoms with Crippen LogP contribution < -0.4 is 5.32 Å². The van der Waals surface area contributed by atoms with E-state index in [-0.39, 0.29) is 12.1 Å². The first-order chi connectivity index (χ1) is 19.5. The number of anilines is 1. The quantitative estimate of drug-likeness (QED) is 0.319. The molecule has 41 heavy (non-hydrogen) atoms. The Morgan fingerprint density at radius 1 is 1.10 bits per heavy atom. The van der Waals surface area contributed by atoms with E-state index in [0.717, 1.165) is 62.8 Å². The number of halogens is 4. The summed E-state index contributed by atoms with van der Waals surface area (Å²) in [6, 6.07) is 5.39. The van der Waals surface area contributed by atoms with Crippen molar-refractivity contribution in [3.63, 3.8) is 0 Å². The minimum atomic E-state index is -4.76. The second-order valence-electron chi connectivity index (χ2n) is 11.4. The van der Waals surface area contributed by atoms with Crippen LogP contribution in [0.25, 0.3) is 11.0 Å². The molecule has 10 heteroatoms. The van der Waals surface area contributed by atoms with Crippen molar-refractivity contribution in [3.05, 3.63) is 70.6 Å². The molecule has 1 atom stereocenters. The zero-order valence-electron chi connectivity index (χ0n) is 24.0. The van der Waals surface area contributed by atoms with E-state index in [4.69, 9.17) is 4.98 Å². The van der Waals surface area contributed by atoms with Gasteiger partial charge in [0.2, 0.25) is 0 Å². The van der Waals surface area contributed by atoms with Crippen LogP contribution >= 0.6 is 0 Å². The number of benzene rings is 1. The average Bonchev–Trinajstić information content (AvgIpc) is 2.95. The molecule has 1 unspecified atom stereocenters. The molecule has 6 nitrogen and oxygen atoms in total. The number of nitrogens with zero attached hydrogens (tertiary/aromatic N) is 5. The standard InChI is InChI=1S/C31H38F4N6/c1-5-27-24(21-11-14-41(15-12-21)19(2)23-9-7-13-40(4)18-23)16-25-29(37-20(3)38-30(25)39-27)36-17-22-8-6-10-26(28(22)32)31(33,34)35/h6,8,10,16,21,23H,2,5,7,9,11-15,17-18H2,1,3-4H3,(H,36,37,38,39). The number of hydrogen-bond donors (Lipinski definition) is 1. The smallest absolute Gasteiger partial charge is 0.375 e. The highest BCUT2D eigenvalue weighted by Crippen LogP contribution is 2.36. The maximum atomic E-state index is 14.7. The SMILES string of the molecule is C=C(C1CCCN(C)C1)N1CCC(c2cc3c(NCc4cccc(C(F)(F)F)c4F)nc(C)nc3nc2CC)CC1. The molecule has 0 spiro atoms. The fourth-order valence-electron chi connectivity index (χ4n) is 6.28. The second-order valence-corrected chi connectivity index (χ2v) is 11.4. The number of hydrogen-bond acceptors (Lipinski definition) is 6. The highest BCUT2D eigenvalue weighted by Gasteiger charge is 2.35. The van der Waals surface area contributed by atoms with E-state index in [0.29, 0.717) is 34.5 Å². The van der Waals surface area contributed by atoms with Crippen LogP contribution in [0.1, 0.15) is 66.7 Å². The Hall–Kier alpha value is -3.27. The van der Waals surface area contributed by atoms with Crippen molar-refractivity contribution in [2.45, 2.75) is 64.6 Å². The van der Waals surface area contributed by atoms with Gasteiger partial charge in [0.25, 0.3) is 0 Å². The van der Waals surface area contributed by atoms with Crippen molar-refractivity contribution in [3.8, 4) is 0 Å². The number of aromatic nitrogens is 3. The predicted molar refractivity (Wildman–Crippen MR) is 153 cm³/mol. The van der Waals surface area contributed by atoms with Crippen LogP contribution in [0.5, 0.6) is 0 Å². The monoisotopic (exact) mass is 570 g/mol. The first-order valence-corrected chi connectivity index (χ1v) is 14.4. The average molecular weight is 571 g/mol. The molecule has 0 amide bonds. The summed E-state index contributed by atoms with van der Waals surface area (Å²) < 4.78 is 54.4. The minimum Gasteiger partial charge on any atom is -0.375 e. The first-order valence-electron chi connectivity index (χ1n) is 14.4. The van der Waals surface area contributed by atoms with Crippen molar-refractivity contribution >= 4 is 16.9 Å². The molecular formula is C31H38F4N6. The van der Waals surface area contributed by atoms with Gasteiger partial charge in [0.1, 0.15) is 17.5 Å². The largest absolute Gasteiger partial charge is 0.419 e. The van der Waals surface area contributed by atoms with Crippen LogP contribution in [0.15, 0.2) is 36.5 Å².